The molecule has 7 nitrogen and oxygen atoms in total. The lowest BCUT2D eigenvalue weighted by atomic mass is 10.0. The lowest BCUT2D eigenvalue weighted by Crippen LogP contribution is -2.61. The summed E-state index contributed by atoms with van der Waals surface area (Å²) in [5, 5.41) is 5.98. The fourth-order valence-corrected chi connectivity index (χ4v) is 5.22. The highest BCUT2D eigenvalue weighted by atomic mass is 32.2. The van der Waals surface area contributed by atoms with Crippen LogP contribution < -0.4 is 10.6 Å². The van der Waals surface area contributed by atoms with E-state index in [-0.39, 0.29) is 42.7 Å². The Bertz CT molecular complexity index is 1070. The Hall–Kier alpha value is -2.91. The molecule has 3 heterocycles. The van der Waals surface area contributed by atoms with Crippen LogP contribution in [0, 0.1) is 5.82 Å². The molecule has 0 radical (unpaired) electrons. The van der Waals surface area contributed by atoms with Crippen LogP contribution in [0.2, 0.25) is 0 Å². The second-order valence-electron chi connectivity index (χ2n) is 7.80. The standard InChI is InChI=1S/C22H21FN4O3S/c23-16-4-2-1-3-14(16)13-5-6-17-15(9-13)21(29)27-8-7-26(10-19(27)20(28)25-17)22(30)18-11-31-12-24-18/h1-6,9,18-19,24H,7-8,10-12H2,(H,25,28)/t18-,19+/m0/s1. The van der Waals surface area contributed by atoms with Crippen LogP contribution in [0.5, 0.6) is 0 Å². The van der Waals surface area contributed by atoms with Gasteiger partial charge in [-0.25, -0.2) is 4.39 Å². The minimum atomic E-state index is -0.761. The van der Waals surface area contributed by atoms with Crippen LogP contribution in [-0.2, 0) is 9.59 Å². The summed E-state index contributed by atoms with van der Waals surface area (Å²) in [4.78, 5) is 42.2. The van der Waals surface area contributed by atoms with Crippen molar-refractivity contribution in [2.24, 2.45) is 0 Å². The van der Waals surface area contributed by atoms with E-state index in [1.54, 1.807) is 53.1 Å². The summed E-state index contributed by atoms with van der Waals surface area (Å²) in [6.45, 7) is 0.804. The van der Waals surface area contributed by atoms with E-state index in [0.29, 0.717) is 34.7 Å². The number of hydrogen-bond acceptors (Lipinski definition) is 5. The van der Waals surface area contributed by atoms with Gasteiger partial charge in [-0.1, -0.05) is 24.3 Å². The summed E-state index contributed by atoms with van der Waals surface area (Å²) in [6.07, 6.45) is 0. The fourth-order valence-electron chi connectivity index (χ4n) is 4.29. The van der Waals surface area contributed by atoms with Gasteiger partial charge in [-0.05, 0) is 23.8 Å². The molecule has 0 unspecified atom stereocenters. The van der Waals surface area contributed by atoms with Gasteiger partial charge in [0.2, 0.25) is 11.8 Å². The molecule has 2 atom stereocenters. The van der Waals surface area contributed by atoms with Crippen molar-refractivity contribution in [3.05, 3.63) is 53.8 Å². The van der Waals surface area contributed by atoms with E-state index < -0.39 is 6.04 Å². The van der Waals surface area contributed by atoms with Crippen LogP contribution >= 0.6 is 11.8 Å². The number of fused-ring (bicyclic) bond motifs is 2. The first kappa shape index (κ1) is 20.0. The molecule has 0 aromatic heterocycles. The van der Waals surface area contributed by atoms with Crippen LogP contribution in [0.15, 0.2) is 42.5 Å². The molecule has 0 bridgehead atoms. The summed E-state index contributed by atoms with van der Waals surface area (Å²) in [7, 11) is 0. The number of benzene rings is 2. The molecule has 2 aromatic rings. The molecule has 0 saturated carbocycles. The Balaban J connectivity index is 1.43. The van der Waals surface area contributed by atoms with Crippen molar-refractivity contribution in [1.82, 2.24) is 15.1 Å². The molecular weight excluding hydrogens is 419 g/mol. The zero-order valence-corrected chi connectivity index (χ0v) is 17.5. The number of nitrogens with one attached hydrogen (secondary N) is 2. The largest absolute Gasteiger partial charge is 0.337 e. The molecule has 2 saturated heterocycles. The maximum Gasteiger partial charge on any atom is 0.256 e. The Morgan fingerprint density at radius 1 is 1.10 bits per heavy atom. The molecule has 0 spiro atoms. The molecule has 160 valence electrons. The topological polar surface area (TPSA) is 81.8 Å². The van der Waals surface area contributed by atoms with Gasteiger partial charge < -0.3 is 15.1 Å². The third kappa shape index (κ3) is 3.57. The summed E-state index contributed by atoms with van der Waals surface area (Å²) in [5.74, 6) is 0.414. The van der Waals surface area contributed by atoms with Crippen LogP contribution in [-0.4, -0.2) is 70.9 Å². The summed E-state index contributed by atoms with van der Waals surface area (Å²) in [5.41, 5.74) is 1.68. The van der Waals surface area contributed by atoms with Gasteiger partial charge in [0.05, 0.1) is 23.8 Å². The number of nitrogens with zero attached hydrogens (tertiary/aromatic N) is 2. The molecule has 5 rings (SSSR count). The van der Waals surface area contributed by atoms with Gasteiger partial charge in [0.25, 0.3) is 5.91 Å². The SMILES string of the molecule is O=C1Nc2ccc(-c3ccccc3F)cc2C(=O)N2CCN(C(=O)[C@@H]3CSCN3)C[C@H]12. The predicted molar refractivity (Wildman–Crippen MR) is 116 cm³/mol. The molecule has 2 aromatic carbocycles. The van der Waals surface area contributed by atoms with E-state index in [4.69, 9.17) is 0 Å². The van der Waals surface area contributed by atoms with Gasteiger partial charge in [-0.2, -0.15) is 0 Å². The van der Waals surface area contributed by atoms with Crippen molar-refractivity contribution in [3.8, 4) is 11.1 Å². The molecule has 3 amide bonds. The van der Waals surface area contributed by atoms with E-state index in [1.807, 2.05) is 0 Å². The van der Waals surface area contributed by atoms with E-state index in [1.165, 1.54) is 11.0 Å². The molecular formula is C22H21FN4O3S. The van der Waals surface area contributed by atoms with Crippen molar-refractivity contribution < 1.29 is 18.8 Å². The molecule has 9 heteroatoms. The fraction of sp³-hybridized carbons (Fsp3) is 0.318. The Kier molecular flexibility index (Phi) is 5.15. The zero-order valence-electron chi connectivity index (χ0n) is 16.6. The maximum absolute atomic E-state index is 14.3. The molecule has 2 fully saturated rings. The zero-order chi connectivity index (χ0) is 21.5. The van der Waals surface area contributed by atoms with Crippen molar-refractivity contribution in [1.29, 1.82) is 0 Å². The minimum absolute atomic E-state index is 0.0338. The smallest absolute Gasteiger partial charge is 0.256 e. The van der Waals surface area contributed by atoms with Gasteiger partial charge in [0.1, 0.15) is 11.9 Å². The third-order valence-electron chi connectivity index (χ3n) is 5.96. The molecule has 31 heavy (non-hydrogen) atoms. The molecule has 3 aliphatic rings. The van der Waals surface area contributed by atoms with Gasteiger partial charge in [0.15, 0.2) is 0 Å². The Labute approximate surface area is 183 Å². The average molecular weight is 441 g/mol. The van der Waals surface area contributed by atoms with Crippen LogP contribution in [0.1, 0.15) is 10.4 Å². The average Bonchev–Trinajstić information content (AvgIpc) is 3.30. The number of thioether (sulfide) groups is 1. The maximum atomic E-state index is 14.3. The number of halogens is 1. The number of carbonyl (C=O) groups is 3. The second kappa shape index (κ2) is 7.97. The van der Waals surface area contributed by atoms with E-state index in [2.05, 4.69) is 10.6 Å². The summed E-state index contributed by atoms with van der Waals surface area (Å²) in [6, 6.07) is 10.3. The predicted octanol–water partition coefficient (Wildman–Crippen LogP) is 1.76. The van der Waals surface area contributed by atoms with Crippen molar-refractivity contribution in [2.45, 2.75) is 12.1 Å². The first-order chi connectivity index (χ1) is 15.0. The van der Waals surface area contributed by atoms with Crippen LogP contribution in [0.25, 0.3) is 11.1 Å². The first-order valence-electron chi connectivity index (χ1n) is 10.1. The lowest BCUT2D eigenvalue weighted by molar-refractivity contribution is -0.137. The van der Waals surface area contributed by atoms with E-state index >= 15 is 0 Å². The number of rotatable bonds is 2. The minimum Gasteiger partial charge on any atom is -0.337 e. The molecule has 3 aliphatic heterocycles. The number of hydrogen-bond donors (Lipinski definition) is 2. The second-order valence-corrected chi connectivity index (χ2v) is 8.83. The van der Waals surface area contributed by atoms with Gasteiger partial charge in [-0.3, -0.25) is 19.7 Å². The van der Waals surface area contributed by atoms with Crippen molar-refractivity contribution in [3.63, 3.8) is 0 Å². The van der Waals surface area contributed by atoms with Gasteiger partial charge in [0, 0.05) is 30.3 Å². The van der Waals surface area contributed by atoms with Crippen LogP contribution in [0.3, 0.4) is 0 Å². The van der Waals surface area contributed by atoms with Crippen molar-refractivity contribution in [2.75, 3.05) is 36.6 Å². The highest BCUT2D eigenvalue weighted by Crippen LogP contribution is 2.31. The Morgan fingerprint density at radius 2 is 1.94 bits per heavy atom. The number of piperazine rings is 1. The van der Waals surface area contributed by atoms with E-state index in [9.17, 15) is 18.8 Å². The lowest BCUT2D eigenvalue weighted by Gasteiger charge is -2.40. The van der Waals surface area contributed by atoms with Crippen LogP contribution in [0.4, 0.5) is 10.1 Å². The number of carbonyl (C=O) groups excluding carboxylic acids is 3. The summed E-state index contributed by atoms with van der Waals surface area (Å²) < 4.78 is 14.3. The highest BCUT2D eigenvalue weighted by molar-refractivity contribution is 7.99. The van der Waals surface area contributed by atoms with Crippen molar-refractivity contribution >= 4 is 35.2 Å². The quantitative estimate of drug-likeness (QED) is 0.744. The number of anilines is 1. The molecule has 2 N–H and O–H groups in total. The van der Waals surface area contributed by atoms with Gasteiger partial charge >= 0.3 is 0 Å². The Morgan fingerprint density at radius 3 is 2.71 bits per heavy atom. The third-order valence-corrected chi connectivity index (χ3v) is 6.90. The summed E-state index contributed by atoms with van der Waals surface area (Å²) >= 11 is 1.66. The molecule has 0 aliphatic carbocycles. The first-order valence-corrected chi connectivity index (χ1v) is 11.3. The highest BCUT2D eigenvalue weighted by Gasteiger charge is 2.41. The van der Waals surface area contributed by atoms with E-state index in [0.717, 1.165) is 5.88 Å². The monoisotopic (exact) mass is 440 g/mol. The number of amides is 3. The van der Waals surface area contributed by atoms with Gasteiger partial charge in [-0.15, -0.1) is 11.8 Å². The normalized spacial score (nSPS) is 23.1.